The van der Waals surface area contributed by atoms with Crippen LogP contribution in [0.5, 0.6) is 0 Å². The van der Waals surface area contributed by atoms with Crippen LogP contribution in [0.1, 0.15) is 66.9 Å². The van der Waals surface area contributed by atoms with Crippen LogP contribution in [0.15, 0.2) is 12.1 Å². The van der Waals surface area contributed by atoms with Gasteiger partial charge < -0.3 is 10.1 Å². The molecule has 1 N–H and O–H groups in total. The van der Waals surface area contributed by atoms with Crippen molar-refractivity contribution in [3.63, 3.8) is 0 Å². The first-order valence-electron chi connectivity index (χ1n) is 8.56. The molecule has 2 nitrogen and oxygen atoms in total. The Labute approximate surface area is 129 Å². The van der Waals surface area contributed by atoms with E-state index in [1.165, 1.54) is 60.8 Å². The van der Waals surface area contributed by atoms with E-state index >= 15 is 0 Å². The van der Waals surface area contributed by atoms with Crippen LogP contribution in [0.25, 0.3) is 0 Å². The average Bonchev–Trinajstić information content (AvgIpc) is 2.63. The first-order chi connectivity index (χ1) is 10.1. The quantitative estimate of drug-likeness (QED) is 0.828. The molecule has 1 unspecified atom stereocenters. The van der Waals surface area contributed by atoms with Gasteiger partial charge in [-0.1, -0.05) is 43.4 Å². The summed E-state index contributed by atoms with van der Waals surface area (Å²) in [6.07, 6.45) is 8.05. The van der Waals surface area contributed by atoms with Crippen LogP contribution in [0.2, 0.25) is 0 Å². The van der Waals surface area contributed by atoms with Crippen molar-refractivity contribution in [3.05, 3.63) is 34.4 Å². The lowest BCUT2D eigenvalue weighted by Gasteiger charge is -2.42. The third-order valence-electron chi connectivity index (χ3n) is 5.24. The summed E-state index contributed by atoms with van der Waals surface area (Å²) in [5.74, 6) is 0. The molecule has 1 atom stereocenters. The highest BCUT2D eigenvalue weighted by Crippen LogP contribution is 2.38. The molecule has 1 aromatic carbocycles. The lowest BCUT2D eigenvalue weighted by molar-refractivity contribution is -0.126. The van der Waals surface area contributed by atoms with Gasteiger partial charge in [-0.3, -0.25) is 0 Å². The summed E-state index contributed by atoms with van der Waals surface area (Å²) in [6.45, 7) is 8.62. The van der Waals surface area contributed by atoms with Gasteiger partial charge in [-0.25, -0.2) is 0 Å². The number of morpholine rings is 1. The van der Waals surface area contributed by atoms with Crippen molar-refractivity contribution >= 4 is 0 Å². The molecule has 3 rings (SSSR count). The van der Waals surface area contributed by atoms with E-state index in [0.717, 1.165) is 13.1 Å². The van der Waals surface area contributed by atoms with E-state index in [-0.39, 0.29) is 11.7 Å². The molecule has 1 aliphatic heterocycles. The van der Waals surface area contributed by atoms with Gasteiger partial charge in [-0.05, 0) is 50.3 Å². The smallest absolute Gasteiger partial charge is 0.0962 e. The maximum Gasteiger partial charge on any atom is 0.0962 e. The van der Waals surface area contributed by atoms with Crippen molar-refractivity contribution in [2.45, 2.75) is 71.0 Å². The zero-order valence-electron chi connectivity index (χ0n) is 13.8. The number of aryl methyl sites for hydroxylation is 3. The van der Waals surface area contributed by atoms with Crippen LogP contribution >= 0.6 is 0 Å². The van der Waals surface area contributed by atoms with Crippen molar-refractivity contribution in [1.82, 2.24) is 5.32 Å². The number of nitrogens with one attached hydrogen (secondary N) is 1. The van der Waals surface area contributed by atoms with Gasteiger partial charge in [0.2, 0.25) is 0 Å². The number of hydrogen-bond donors (Lipinski definition) is 1. The number of ether oxygens (including phenoxy) is 1. The number of hydrogen-bond acceptors (Lipinski definition) is 2. The summed E-state index contributed by atoms with van der Waals surface area (Å²) in [5, 5.41) is 3.67. The Morgan fingerprint density at radius 1 is 1.00 bits per heavy atom. The minimum atomic E-state index is 0.0865. The van der Waals surface area contributed by atoms with Gasteiger partial charge in [0.05, 0.1) is 11.7 Å². The first-order valence-corrected chi connectivity index (χ1v) is 8.56. The van der Waals surface area contributed by atoms with E-state index in [1.54, 1.807) is 0 Å². The summed E-state index contributed by atoms with van der Waals surface area (Å²) in [7, 11) is 0. The minimum Gasteiger partial charge on any atom is -0.364 e. The zero-order chi connectivity index (χ0) is 14.9. The predicted octanol–water partition coefficient (Wildman–Crippen LogP) is 4.37. The Morgan fingerprint density at radius 2 is 1.62 bits per heavy atom. The van der Waals surface area contributed by atoms with Crippen molar-refractivity contribution in [1.29, 1.82) is 0 Å². The molecule has 1 saturated carbocycles. The molecule has 1 aliphatic carbocycles. The van der Waals surface area contributed by atoms with E-state index in [4.69, 9.17) is 4.74 Å². The normalized spacial score (nSPS) is 25.8. The summed E-state index contributed by atoms with van der Waals surface area (Å²) in [5.41, 5.74) is 5.61. The van der Waals surface area contributed by atoms with Crippen molar-refractivity contribution in [2.24, 2.45) is 0 Å². The minimum absolute atomic E-state index is 0.0865. The molecule has 2 heteroatoms. The second-order valence-electron chi connectivity index (χ2n) is 7.15. The highest BCUT2D eigenvalue weighted by Gasteiger charge is 2.38. The Morgan fingerprint density at radius 3 is 2.24 bits per heavy atom. The maximum absolute atomic E-state index is 6.72. The molecule has 2 fully saturated rings. The zero-order valence-corrected chi connectivity index (χ0v) is 13.8. The highest BCUT2D eigenvalue weighted by molar-refractivity contribution is 5.39. The molecule has 0 radical (unpaired) electrons. The summed E-state index contributed by atoms with van der Waals surface area (Å²) < 4.78 is 6.72. The van der Waals surface area contributed by atoms with Crippen molar-refractivity contribution < 1.29 is 4.74 Å². The molecule has 1 spiro atoms. The standard InChI is InChI=1S/C19H29NO/c1-14-10-15(2)18(16(3)11-14)17-12-20-13-19(21-17)8-6-4-5-7-9-19/h10-11,17,20H,4-9,12-13H2,1-3H3. The van der Waals surface area contributed by atoms with Crippen LogP contribution in [0, 0.1) is 20.8 Å². The van der Waals surface area contributed by atoms with Gasteiger partial charge in [0.1, 0.15) is 0 Å². The molecular formula is C19H29NO. The maximum atomic E-state index is 6.72. The van der Waals surface area contributed by atoms with E-state index in [9.17, 15) is 0 Å². The van der Waals surface area contributed by atoms with E-state index < -0.39 is 0 Å². The predicted molar refractivity (Wildman–Crippen MR) is 87.8 cm³/mol. The number of rotatable bonds is 1. The fourth-order valence-corrected chi connectivity index (χ4v) is 4.34. The Hall–Kier alpha value is -0.860. The molecule has 1 saturated heterocycles. The van der Waals surface area contributed by atoms with Gasteiger partial charge in [0.15, 0.2) is 0 Å². The molecule has 0 bridgehead atoms. The number of benzene rings is 1. The summed E-state index contributed by atoms with van der Waals surface area (Å²) in [4.78, 5) is 0. The third-order valence-corrected chi connectivity index (χ3v) is 5.24. The molecule has 0 aromatic heterocycles. The second-order valence-corrected chi connectivity index (χ2v) is 7.15. The van der Waals surface area contributed by atoms with Gasteiger partial charge in [-0.15, -0.1) is 0 Å². The lowest BCUT2D eigenvalue weighted by Crippen LogP contribution is -2.50. The largest absolute Gasteiger partial charge is 0.364 e. The monoisotopic (exact) mass is 287 g/mol. The molecule has 1 aromatic rings. The second kappa shape index (κ2) is 6.10. The van der Waals surface area contributed by atoms with E-state index in [0.29, 0.717) is 0 Å². The fraction of sp³-hybridized carbons (Fsp3) is 0.684. The average molecular weight is 287 g/mol. The summed E-state index contributed by atoms with van der Waals surface area (Å²) >= 11 is 0. The van der Waals surface area contributed by atoms with Gasteiger partial charge in [0, 0.05) is 13.1 Å². The van der Waals surface area contributed by atoms with Crippen molar-refractivity contribution in [3.8, 4) is 0 Å². The lowest BCUT2D eigenvalue weighted by atomic mass is 9.89. The molecule has 116 valence electrons. The Balaban J connectivity index is 1.86. The van der Waals surface area contributed by atoms with Gasteiger partial charge in [-0.2, -0.15) is 0 Å². The molecule has 2 aliphatic rings. The topological polar surface area (TPSA) is 21.3 Å². The molecular weight excluding hydrogens is 258 g/mol. The van der Waals surface area contributed by atoms with Crippen LogP contribution in [0.4, 0.5) is 0 Å². The third kappa shape index (κ3) is 3.17. The molecule has 1 heterocycles. The fourth-order valence-electron chi connectivity index (χ4n) is 4.34. The summed E-state index contributed by atoms with van der Waals surface area (Å²) in [6, 6.07) is 4.58. The van der Waals surface area contributed by atoms with Gasteiger partial charge in [0.25, 0.3) is 0 Å². The van der Waals surface area contributed by atoms with Crippen molar-refractivity contribution in [2.75, 3.05) is 13.1 Å². The van der Waals surface area contributed by atoms with Crippen LogP contribution in [0.3, 0.4) is 0 Å². The Kier molecular flexibility index (Phi) is 4.37. The first kappa shape index (κ1) is 15.1. The van der Waals surface area contributed by atoms with E-state index in [1.807, 2.05) is 0 Å². The van der Waals surface area contributed by atoms with Crippen LogP contribution < -0.4 is 5.32 Å². The molecule has 21 heavy (non-hydrogen) atoms. The SMILES string of the molecule is Cc1cc(C)c(C2CNCC3(CCCCCC3)O2)c(C)c1. The Bertz CT molecular complexity index is 477. The van der Waals surface area contributed by atoms with E-state index in [2.05, 4.69) is 38.2 Å². The molecule has 0 amide bonds. The van der Waals surface area contributed by atoms with Crippen LogP contribution in [-0.4, -0.2) is 18.7 Å². The highest BCUT2D eigenvalue weighted by atomic mass is 16.5. The van der Waals surface area contributed by atoms with Gasteiger partial charge >= 0.3 is 0 Å². The van der Waals surface area contributed by atoms with Crippen LogP contribution in [-0.2, 0) is 4.74 Å².